The van der Waals surface area contributed by atoms with Crippen LogP contribution in [-0.4, -0.2) is 90.6 Å². The fourth-order valence-corrected chi connectivity index (χ4v) is 3.51. The van der Waals surface area contributed by atoms with E-state index in [9.17, 15) is 34.8 Å². The van der Waals surface area contributed by atoms with Crippen LogP contribution in [0.3, 0.4) is 0 Å². The molecule has 0 aromatic rings. The highest BCUT2D eigenvalue weighted by molar-refractivity contribution is 5.95. The van der Waals surface area contributed by atoms with Crippen LogP contribution < -0.4 is 0 Å². The molecule has 0 aliphatic carbocycles. The van der Waals surface area contributed by atoms with Gasteiger partial charge in [0.25, 0.3) is 0 Å². The zero-order valence-electron chi connectivity index (χ0n) is 14.6. The highest BCUT2D eigenvalue weighted by atomic mass is 16.6. The minimum Gasteiger partial charge on any atom is -0.394 e. The number of aliphatic hydroxyl groups excluding tert-OH is 4. The molecule has 0 aromatic carbocycles. The Labute approximate surface area is 144 Å². The lowest BCUT2D eigenvalue weighted by atomic mass is 9.86. The number of carbonyl (C=O) groups excluding carboxylic acids is 3. The minimum atomic E-state index is -1.95. The molecule has 0 spiro atoms. The van der Waals surface area contributed by atoms with Crippen molar-refractivity contribution in [2.45, 2.75) is 70.4 Å². The first-order chi connectivity index (χ1) is 11.3. The van der Waals surface area contributed by atoms with Gasteiger partial charge in [-0.1, -0.05) is 0 Å². The molecule has 0 radical (unpaired) electrons. The van der Waals surface area contributed by atoms with E-state index in [2.05, 4.69) is 0 Å². The Hall–Kier alpha value is -1.27. The number of nitrogens with zero attached hydrogens (tertiary/aromatic N) is 1. The van der Waals surface area contributed by atoms with Crippen molar-refractivity contribution in [1.82, 2.24) is 0 Å². The van der Waals surface area contributed by atoms with Crippen LogP contribution in [0.1, 0.15) is 34.1 Å². The molecule has 0 bridgehead atoms. The van der Waals surface area contributed by atoms with Gasteiger partial charge in [0.05, 0.1) is 27.4 Å². The zero-order chi connectivity index (χ0) is 19.7. The maximum absolute atomic E-state index is 12.3. The fraction of sp³-hybridized carbons (Fsp3) is 0.800. The van der Waals surface area contributed by atoms with Crippen molar-refractivity contribution in [1.29, 1.82) is 0 Å². The number of rotatable bonds is 4. The molecule has 144 valence electrons. The summed E-state index contributed by atoms with van der Waals surface area (Å²) in [7, 11) is 0. The van der Waals surface area contributed by atoms with E-state index in [0.717, 1.165) is 20.8 Å². The van der Waals surface area contributed by atoms with Crippen LogP contribution in [0.5, 0.6) is 0 Å². The van der Waals surface area contributed by atoms with Crippen molar-refractivity contribution in [2.75, 3.05) is 6.61 Å². The highest BCUT2D eigenvalue weighted by Gasteiger charge is 2.63. The maximum atomic E-state index is 12.3. The molecule has 25 heavy (non-hydrogen) atoms. The second-order valence-corrected chi connectivity index (χ2v) is 6.54. The number of imide groups is 3. The average molecular weight is 364 g/mol. The van der Waals surface area contributed by atoms with Gasteiger partial charge in [-0.15, -0.1) is 4.48 Å². The third kappa shape index (κ3) is 3.80. The van der Waals surface area contributed by atoms with Crippen molar-refractivity contribution < 1.29 is 49.1 Å². The number of amides is 3. The Balaban J connectivity index is 3.59. The number of ether oxygens (including phenoxy) is 1. The molecule has 1 rings (SSSR count). The van der Waals surface area contributed by atoms with E-state index in [1.54, 1.807) is 0 Å². The average Bonchev–Trinajstić information content (AvgIpc) is 2.46. The van der Waals surface area contributed by atoms with Gasteiger partial charge in [0.2, 0.25) is 0 Å². The topological polar surface area (TPSA) is 162 Å². The molecule has 6 atom stereocenters. The van der Waals surface area contributed by atoms with Gasteiger partial charge in [-0.25, -0.2) is 14.4 Å². The molecule has 1 fully saturated rings. The monoisotopic (exact) mass is 364 g/mol. The molecule has 10 nitrogen and oxygen atoms in total. The third-order valence-electron chi connectivity index (χ3n) is 4.56. The van der Waals surface area contributed by atoms with E-state index >= 15 is 0 Å². The summed E-state index contributed by atoms with van der Waals surface area (Å²) in [5.41, 5.74) is 0. The summed E-state index contributed by atoms with van der Waals surface area (Å²) in [6.45, 7) is 3.24. The smallest absolute Gasteiger partial charge is 0.325 e. The molecular formula is C15H26NO9+. The fourth-order valence-electron chi connectivity index (χ4n) is 3.51. The molecule has 10 heteroatoms. The van der Waals surface area contributed by atoms with Gasteiger partial charge in [-0.3, -0.25) is 0 Å². The SMILES string of the molecule is CC(=O)[N+](C(C)=O)(C(C)=O)[C@H]1[C@H]([C@H](O)[C@H](O)CO)O[C@@](C)(O)C[C@@H]1O. The van der Waals surface area contributed by atoms with Gasteiger partial charge in [0.1, 0.15) is 24.4 Å². The van der Waals surface area contributed by atoms with Crippen LogP contribution in [-0.2, 0) is 19.1 Å². The number of aliphatic hydroxyl groups is 5. The van der Waals surface area contributed by atoms with E-state index in [4.69, 9.17) is 9.84 Å². The molecule has 0 unspecified atom stereocenters. The van der Waals surface area contributed by atoms with E-state index in [0.29, 0.717) is 0 Å². The first-order valence-corrected chi connectivity index (χ1v) is 7.80. The van der Waals surface area contributed by atoms with Crippen molar-refractivity contribution in [3.63, 3.8) is 0 Å². The van der Waals surface area contributed by atoms with E-state index in [1.807, 2.05) is 0 Å². The largest absolute Gasteiger partial charge is 0.394 e. The summed E-state index contributed by atoms with van der Waals surface area (Å²) in [6.07, 6.45) is -7.35. The van der Waals surface area contributed by atoms with Crippen LogP contribution >= 0.6 is 0 Å². The third-order valence-corrected chi connectivity index (χ3v) is 4.56. The minimum absolute atomic E-state index is 0.441. The molecule has 3 amide bonds. The van der Waals surface area contributed by atoms with Gasteiger partial charge in [-0.05, 0) is 6.92 Å². The Morgan fingerprint density at radius 3 is 1.96 bits per heavy atom. The number of hydrogen-bond acceptors (Lipinski definition) is 9. The van der Waals surface area contributed by atoms with Gasteiger partial charge < -0.3 is 30.3 Å². The van der Waals surface area contributed by atoms with Crippen LogP contribution in [0.4, 0.5) is 0 Å². The quantitative estimate of drug-likeness (QED) is 0.336. The van der Waals surface area contributed by atoms with E-state index in [-0.39, 0.29) is 0 Å². The first kappa shape index (κ1) is 21.8. The summed E-state index contributed by atoms with van der Waals surface area (Å²) in [6, 6.07) is -1.61. The second-order valence-electron chi connectivity index (χ2n) is 6.54. The Kier molecular flexibility index (Phi) is 6.57. The predicted octanol–water partition coefficient (Wildman–Crippen LogP) is -2.62. The molecule has 0 aromatic heterocycles. The number of hydrogen-bond donors (Lipinski definition) is 5. The summed E-state index contributed by atoms with van der Waals surface area (Å²) in [5.74, 6) is -4.68. The Bertz CT molecular complexity index is 511. The molecule has 1 aliphatic rings. The van der Waals surface area contributed by atoms with Crippen molar-refractivity contribution >= 4 is 17.7 Å². The van der Waals surface area contributed by atoms with E-state index < -0.39 is 71.5 Å². The molecule has 0 saturated carbocycles. The van der Waals surface area contributed by atoms with Crippen LogP contribution in [0.25, 0.3) is 0 Å². The standard InChI is InChI=1S/C15H26NO9/c1-7(18)16(8(2)19,9(3)20)12-10(21)5-15(4,24)25-14(12)13(23)11(22)6-17/h10-14,17,21-24H,5-6H2,1-4H3/q+1/t10-,11+,12+,13+,14+,15+/m0/s1. The lowest BCUT2D eigenvalue weighted by molar-refractivity contribution is -0.748. The summed E-state index contributed by atoms with van der Waals surface area (Å²) < 4.78 is 3.84. The van der Waals surface area contributed by atoms with Gasteiger partial charge in [-0.2, -0.15) is 0 Å². The van der Waals surface area contributed by atoms with Gasteiger partial charge in [0, 0.05) is 6.42 Å². The Morgan fingerprint density at radius 2 is 1.60 bits per heavy atom. The van der Waals surface area contributed by atoms with Crippen LogP contribution in [0, 0.1) is 0 Å². The van der Waals surface area contributed by atoms with Crippen molar-refractivity contribution in [3.05, 3.63) is 0 Å². The Morgan fingerprint density at radius 1 is 1.16 bits per heavy atom. The summed E-state index contributed by atoms with van der Waals surface area (Å²) in [4.78, 5) is 36.8. The normalized spacial score (nSPS) is 32.8. The van der Waals surface area contributed by atoms with Gasteiger partial charge in [0.15, 0.2) is 11.8 Å². The van der Waals surface area contributed by atoms with Crippen molar-refractivity contribution in [3.8, 4) is 0 Å². The maximum Gasteiger partial charge on any atom is 0.325 e. The molecule has 1 heterocycles. The summed E-state index contributed by atoms with van der Waals surface area (Å²) in [5, 5.41) is 49.7. The van der Waals surface area contributed by atoms with Crippen LogP contribution in [0.15, 0.2) is 0 Å². The lowest BCUT2D eigenvalue weighted by Gasteiger charge is -2.49. The highest BCUT2D eigenvalue weighted by Crippen LogP contribution is 2.36. The summed E-state index contributed by atoms with van der Waals surface area (Å²) >= 11 is 0. The first-order valence-electron chi connectivity index (χ1n) is 7.80. The molecule has 5 N–H and O–H groups in total. The second kappa shape index (κ2) is 7.54. The molecule has 1 aliphatic heterocycles. The number of quaternary nitrogens is 1. The predicted molar refractivity (Wildman–Crippen MR) is 81.3 cm³/mol. The van der Waals surface area contributed by atoms with Crippen molar-refractivity contribution in [2.24, 2.45) is 0 Å². The van der Waals surface area contributed by atoms with Crippen LogP contribution in [0.2, 0.25) is 0 Å². The lowest BCUT2D eigenvalue weighted by Crippen LogP contribution is -2.76. The molecular weight excluding hydrogens is 338 g/mol. The zero-order valence-corrected chi connectivity index (χ0v) is 14.6. The molecule has 1 saturated heterocycles. The van der Waals surface area contributed by atoms with E-state index in [1.165, 1.54) is 6.92 Å². The number of carbonyl (C=O) groups is 3. The van der Waals surface area contributed by atoms with Gasteiger partial charge >= 0.3 is 17.7 Å².